The van der Waals surface area contributed by atoms with E-state index in [2.05, 4.69) is 6.92 Å². The molecule has 3 rings (SSSR count). The molecule has 3 aromatic rings. The van der Waals surface area contributed by atoms with Crippen molar-refractivity contribution in [3.05, 3.63) is 94.6 Å². The Bertz CT molecular complexity index is 960. The second-order valence-electron chi connectivity index (χ2n) is 7.75. The van der Waals surface area contributed by atoms with Gasteiger partial charge in [0.05, 0.1) is 19.8 Å². The third-order valence-corrected chi connectivity index (χ3v) is 5.42. The van der Waals surface area contributed by atoms with E-state index in [1.165, 1.54) is 24.3 Å². The van der Waals surface area contributed by atoms with Gasteiger partial charge in [-0.2, -0.15) is 0 Å². The largest absolute Gasteiger partial charge is 0.496 e. The molecule has 0 aromatic heterocycles. The first kappa shape index (κ1) is 22.8. The zero-order valence-corrected chi connectivity index (χ0v) is 18.1. The minimum Gasteiger partial charge on any atom is -0.496 e. The summed E-state index contributed by atoms with van der Waals surface area (Å²) in [6.07, 6.45) is 1.95. The van der Waals surface area contributed by atoms with Gasteiger partial charge >= 0.3 is 0 Å². The molecule has 0 amide bonds. The lowest BCUT2D eigenvalue weighted by Gasteiger charge is -2.31. The van der Waals surface area contributed by atoms with Crippen molar-refractivity contribution in [2.24, 2.45) is 0 Å². The number of hydrogen-bond donors (Lipinski definition) is 1. The molecular weight excluding hydrogens is 398 g/mol. The van der Waals surface area contributed by atoms with Gasteiger partial charge in [0.2, 0.25) is 0 Å². The molecule has 3 nitrogen and oxygen atoms in total. The topological polar surface area (TPSA) is 38.7 Å². The molecule has 0 bridgehead atoms. The van der Waals surface area contributed by atoms with Crippen LogP contribution in [0.15, 0.2) is 60.7 Å². The van der Waals surface area contributed by atoms with Crippen molar-refractivity contribution in [3.63, 3.8) is 0 Å². The molecule has 0 unspecified atom stereocenters. The molecule has 3 aromatic carbocycles. The number of aliphatic hydroxyl groups is 1. The molecule has 164 valence electrons. The molecule has 0 aliphatic rings. The molecular formula is C26H28F2O3. The Morgan fingerprint density at radius 3 is 1.68 bits per heavy atom. The van der Waals surface area contributed by atoms with Gasteiger partial charge in [-0.1, -0.05) is 37.6 Å². The fraction of sp³-hybridized carbons (Fsp3) is 0.308. The molecule has 0 heterocycles. The van der Waals surface area contributed by atoms with Gasteiger partial charge in [0, 0.05) is 18.4 Å². The monoisotopic (exact) mass is 426 g/mol. The van der Waals surface area contributed by atoms with Crippen LogP contribution in [0.4, 0.5) is 8.78 Å². The summed E-state index contributed by atoms with van der Waals surface area (Å²) in [5.41, 5.74) is 1.32. The summed E-state index contributed by atoms with van der Waals surface area (Å²) >= 11 is 0. The Morgan fingerprint density at radius 2 is 1.29 bits per heavy atom. The first-order chi connectivity index (χ1) is 14.9. The standard InChI is InChI=1S/C26H28F2O3/c1-4-7-23-24(30-2)14-20(15-25(23)31-3)26(29,16-18-8-5-10-21(27)12-18)17-19-9-6-11-22(28)13-19/h5-6,8-15,29H,4,7,16-17H2,1-3H3. The zero-order chi connectivity index (χ0) is 22.4. The zero-order valence-electron chi connectivity index (χ0n) is 18.1. The van der Waals surface area contributed by atoms with Crippen molar-refractivity contribution in [3.8, 4) is 11.5 Å². The quantitative estimate of drug-likeness (QED) is 0.484. The number of ether oxygens (including phenoxy) is 2. The molecule has 0 aliphatic carbocycles. The number of methoxy groups -OCH3 is 2. The van der Waals surface area contributed by atoms with Crippen LogP contribution in [0.5, 0.6) is 11.5 Å². The Labute approximate surface area is 182 Å². The van der Waals surface area contributed by atoms with Crippen molar-refractivity contribution < 1.29 is 23.4 Å². The Hall–Kier alpha value is -2.92. The van der Waals surface area contributed by atoms with E-state index in [-0.39, 0.29) is 24.5 Å². The van der Waals surface area contributed by atoms with Crippen molar-refractivity contribution in [1.82, 2.24) is 0 Å². The lowest BCUT2D eigenvalue weighted by molar-refractivity contribution is 0.0365. The van der Waals surface area contributed by atoms with Crippen molar-refractivity contribution >= 4 is 0 Å². The van der Waals surface area contributed by atoms with Gasteiger partial charge in [-0.05, 0) is 59.5 Å². The molecule has 5 heteroatoms. The van der Waals surface area contributed by atoms with E-state index in [0.717, 1.165) is 18.4 Å². The molecule has 0 saturated carbocycles. The number of halogens is 2. The van der Waals surface area contributed by atoms with Crippen LogP contribution in [0.2, 0.25) is 0 Å². The number of hydrogen-bond acceptors (Lipinski definition) is 3. The lowest BCUT2D eigenvalue weighted by Crippen LogP contribution is -2.32. The Balaban J connectivity index is 2.12. The van der Waals surface area contributed by atoms with E-state index < -0.39 is 5.60 Å². The molecule has 1 N–H and O–H groups in total. The molecule has 0 saturated heterocycles. The normalized spacial score (nSPS) is 11.4. The minimum absolute atomic E-state index is 0.140. The second kappa shape index (κ2) is 9.92. The summed E-state index contributed by atoms with van der Waals surface area (Å²) in [5.74, 6) is 0.485. The summed E-state index contributed by atoms with van der Waals surface area (Å²) in [5, 5.41) is 11.9. The van der Waals surface area contributed by atoms with Crippen LogP contribution in [0.25, 0.3) is 0 Å². The molecule has 31 heavy (non-hydrogen) atoms. The second-order valence-corrected chi connectivity index (χ2v) is 7.75. The third kappa shape index (κ3) is 5.42. The fourth-order valence-corrected chi connectivity index (χ4v) is 3.98. The van der Waals surface area contributed by atoms with Crippen LogP contribution in [0.1, 0.15) is 35.6 Å². The predicted octanol–water partition coefficient (Wildman–Crippen LogP) is 5.61. The van der Waals surface area contributed by atoms with E-state index >= 15 is 0 Å². The van der Waals surface area contributed by atoms with E-state index in [0.29, 0.717) is 28.2 Å². The van der Waals surface area contributed by atoms with Crippen LogP contribution in [0, 0.1) is 11.6 Å². The highest BCUT2D eigenvalue weighted by Crippen LogP contribution is 2.39. The maximum atomic E-state index is 13.8. The van der Waals surface area contributed by atoms with Gasteiger partial charge < -0.3 is 14.6 Å². The summed E-state index contributed by atoms with van der Waals surface area (Å²) in [6, 6.07) is 15.9. The van der Waals surface area contributed by atoms with Gasteiger partial charge in [-0.15, -0.1) is 0 Å². The van der Waals surface area contributed by atoms with E-state index in [4.69, 9.17) is 9.47 Å². The third-order valence-electron chi connectivity index (χ3n) is 5.42. The predicted molar refractivity (Wildman–Crippen MR) is 118 cm³/mol. The number of benzene rings is 3. The summed E-state index contributed by atoms with van der Waals surface area (Å²) < 4.78 is 38.9. The minimum atomic E-state index is -1.44. The number of rotatable bonds is 9. The van der Waals surface area contributed by atoms with Gasteiger partial charge in [-0.3, -0.25) is 0 Å². The Kier molecular flexibility index (Phi) is 7.29. The maximum absolute atomic E-state index is 13.8. The highest BCUT2D eigenvalue weighted by molar-refractivity contribution is 5.50. The van der Waals surface area contributed by atoms with Crippen LogP contribution >= 0.6 is 0 Å². The van der Waals surface area contributed by atoms with Crippen LogP contribution < -0.4 is 9.47 Å². The molecule has 0 fully saturated rings. The summed E-state index contributed by atoms with van der Waals surface area (Å²) in [4.78, 5) is 0. The average Bonchev–Trinajstić information content (AvgIpc) is 2.73. The highest BCUT2D eigenvalue weighted by Gasteiger charge is 2.32. The molecule has 0 spiro atoms. The van der Waals surface area contributed by atoms with Crippen molar-refractivity contribution in [2.75, 3.05) is 14.2 Å². The first-order valence-corrected chi connectivity index (χ1v) is 10.3. The average molecular weight is 427 g/mol. The first-order valence-electron chi connectivity index (χ1n) is 10.3. The van der Waals surface area contributed by atoms with E-state index in [9.17, 15) is 13.9 Å². The van der Waals surface area contributed by atoms with E-state index in [1.807, 2.05) is 0 Å². The molecule has 0 aliphatic heterocycles. The smallest absolute Gasteiger partial charge is 0.126 e. The van der Waals surface area contributed by atoms with Crippen molar-refractivity contribution in [2.45, 2.75) is 38.2 Å². The summed E-state index contributed by atoms with van der Waals surface area (Å²) in [6.45, 7) is 2.07. The summed E-state index contributed by atoms with van der Waals surface area (Å²) in [7, 11) is 3.16. The van der Waals surface area contributed by atoms with Crippen molar-refractivity contribution in [1.29, 1.82) is 0 Å². The van der Waals surface area contributed by atoms with E-state index in [1.54, 1.807) is 50.6 Å². The van der Waals surface area contributed by atoms with Gasteiger partial charge in [0.1, 0.15) is 23.1 Å². The SMILES string of the molecule is CCCc1c(OC)cc(C(O)(Cc2cccc(F)c2)Cc2cccc(F)c2)cc1OC. The lowest BCUT2D eigenvalue weighted by atomic mass is 9.81. The van der Waals surface area contributed by atoms with Crippen LogP contribution in [-0.4, -0.2) is 19.3 Å². The van der Waals surface area contributed by atoms with Crippen LogP contribution in [0.3, 0.4) is 0 Å². The van der Waals surface area contributed by atoms with Crippen LogP contribution in [-0.2, 0) is 24.9 Å². The fourth-order valence-electron chi connectivity index (χ4n) is 3.98. The van der Waals surface area contributed by atoms with Gasteiger partial charge in [-0.25, -0.2) is 8.78 Å². The van der Waals surface area contributed by atoms with Gasteiger partial charge in [0.25, 0.3) is 0 Å². The highest BCUT2D eigenvalue weighted by atomic mass is 19.1. The Morgan fingerprint density at radius 1 is 0.806 bits per heavy atom. The molecule has 0 radical (unpaired) electrons. The molecule has 0 atom stereocenters. The van der Waals surface area contributed by atoms with Gasteiger partial charge in [0.15, 0.2) is 0 Å². The maximum Gasteiger partial charge on any atom is 0.126 e.